The lowest BCUT2D eigenvalue weighted by Crippen LogP contribution is -2.34. The molecule has 0 aliphatic carbocycles. The molecule has 0 saturated heterocycles. The largest absolute Gasteiger partial charge is 0.0654 e. The Hall–Kier alpha value is -1.56. The number of benzene rings is 2. The summed E-state index contributed by atoms with van der Waals surface area (Å²) in [6.07, 6.45) is 14.8. The molecule has 0 N–H and O–H groups in total. The normalized spacial score (nSPS) is 14.3. The summed E-state index contributed by atoms with van der Waals surface area (Å²) in [4.78, 5) is 0. The number of rotatable bonds is 15. The Balaban J connectivity index is 2.74. The number of unbranched alkanes of at least 4 members (excludes halogenated alkanes) is 4. The zero-order valence-electron chi connectivity index (χ0n) is 21.8. The van der Waals surface area contributed by atoms with Crippen molar-refractivity contribution >= 4 is 0 Å². The minimum absolute atomic E-state index is 0.0497. The molecule has 2 atom stereocenters. The summed E-state index contributed by atoms with van der Waals surface area (Å²) in [5.41, 5.74) is 7.75. The van der Waals surface area contributed by atoms with E-state index in [9.17, 15) is 0 Å². The monoisotopic (exact) mass is 433 g/mol. The van der Waals surface area contributed by atoms with Gasteiger partial charge < -0.3 is 0 Å². The highest BCUT2D eigenvalue weighted by atomic mass is 14.4. The van der Waals surface area contributed by atoms with Gasteiger partial charge in [-0.05, 0) is 85.6 Å². The Labute approximate surface area is 200 Å². The molecular weight excluding hydrogens is 384 g/mol. The van der Waals surface area contributed by atoms with E-state index in [-0.39, 0.29) is 5.41 Å². The third-order valence-corrected chi connectivity index (χ3v) is 7.40. The van der Waals surface area contributed by atoms with Crippen molar-refractivity contribution in [3.8, 4) is 0 Å². The van der Waals surface area contributed by atoms with Gasteiger partial charge in [0, 0.05) is 5.41 Å². The molecule has 177 valence electrons. The first-order chi connectivity index (χ1) is 15.5. The van der Waals surface area contributed by atoms with Gasteiger partial charge in [0.15, 0.2) is 0 Å². The van der Waals surface area contributed by atoms with Crippen LogP contribution in [0.1, 0.15) is 120 Å². The van der Waals surface area contributed by atoms with Crippen LogP contribution in [0.4, 0.5) is 0 Å². The minimum Gasteiger partial charge on any atom is -0.0654 e. The van der Waals surface area contributed by atoms with Gasteiger partial charge in [-0.3, -0.25) is 0 Å². The molecule has 0 saturated carbocycles. The molecule has 0 spiro atoms. The van der Waals surface area contributed by atoms with Crippen LogP contribution < -0.4 is 0 Å². The Morgan fingerprint density at radius 3 is 1.72 bits per heavy atom. The Morgan fingerprint density at radius 1 is 0.719 bits per heavy atom. The highest BCUT2D eigenvalue weighted by molar-refractivity contribution is 5.51. The molecule has 0 fully saturated rings. The molecular formula is C32H49. The molecule has 0 aromatic heterocycles. The lowest BCUT2D eigenvalue weighted by atomic mass is 9.63. The summed E-state index contributed by atoms with van der Waals surface area (Å²) in [6, 6.07) is 16.4. The standard InChI is InChI=1S/C32H49/c1-7-11-18-26(5)32(6,30-22-16-15-17-23-30)31-28(20-13-9-3)24-27(19-12-8-2)25-29(31)21-14-10-4/h15-17,22-26H,5,7-14,18-21H2,1-4,6H3. The summed E-state index contributed by atoms with van der Waals surface area (Å²) in [5, 5.41) is 0. The molecule has 0 aliphatic heterocycles. The van der Waals surface area contributed by atoms with Crippen molar-refractivity contribution in [2.45, 2.75) is 117 Å². The molecule has 0 aliphatic rings. The molecule has 32 heavy (non-hydrogen) atoms. The van der Waals surface area contributed by atoms with Crippen LogP contribution in [0.5, 0.6) is 0 Å². The predicted octanol–water partition coefficient (Wildman–Crippen LogP) is 9.66. The van der Waals surface area contributed by atoms with E-state index in [4.69, 9.17) is 6.92 Å². The number of aryl methyl sites for hydroxylation is 3. The van der Waals surface area contributed by atoms with E-state index in [1.54, 1.807) is 22.3 Å². The van der Waals surface area contributed by atoms with E-state index in [0.717, 1.165) is 0 Å². The molecule has 2 rings (SSSR count). The van der Waals surface area contributed by atoms with Crippen LogP contribution in [0, 0.1) is 12.8 Å². The van der Waals surface area contributed by atoms with E-state index in [1.807, 2.05) is 0 Å². The summed E-state index contributed by atoms with van der Waals surface area (Å²) < 4.78 is 0. The van der Waals surface area contributed by atoms with E-state index < -0.39 is 0 Å². The third-order valence-electron chi connectivity index (χ3n) is 7.40. The SMILES string of the molecule is [CH2]C(CCCC)C(C)(c1ccccc1)c1c(CCCC)cc(CCCC)cc1CCCC. The molecule has 1 radical (unpaired) electrons. The Bertz CT molecular complexity index is 743. The van der Waals surface area contributed by atoms with Crippen molar-refractivity contribution in [3.05, 3.63) is 77.2 Å². The third kappa shape index (κ3) is 6.72. The van der Waals surface area contributed by atoms with Gasteiger partial charge in [0.1, 0.15) is 0 Å². The van der Waals surface area contributed by atoms with Crippen molar-refractivity contribution in [2.75, 3.05) is 0 Å². The Kier molecular flexibility index (Phi) is 11.6. The fraction of sp³-hybridized carbons (Fsp3) is 0.594. The zero-order valence-corrected chi connectivity index (χ0v) is 21.8. The quantitative estimate of drug-likeness (QED) is 0.262. The van der Waals surface area contributed by atoms with Crippen LogP contribution in [0.2, 0.25) is 0 Å². The van der Waals surface area contributed by atoms with Gasteiger partial charge in [-0.1, -0.05) is 109 Å². The van der Waals surface area contributed by atoms with Crippen LogP contribution >= 0.6 is 0 Å². The molecule has 0 heterocycles. The molecule has 0 amide bonds. The highest BCUT2D eigenvalue weighted by Crippen LogP contribution is 2.45. The fourth-order valence-electron chi connectivity index (χ4n) is 5.27. The molecule has 0 bridgehead atoms. The second-order valence-corrected chi connectivity index (χ2v) is 10.0. The first kappa shape index (κ1) is 26.7. The lowest BCUT2D eigenvalue weighted by molar-refractivity contribution is 0.372. The second kappa shape index (κ2) is 13.9. The Morgan fingerprint density at radius 2 is 1.22 bits per heavy atom. The molecule has 0 nitrogen and oxygen atoms in total. The smallest absolute Gasteiger partial charge is 0.0208 e. The topological polar surface area (TPSA) is 0 Å². The van der Waals surface area contributed by atoms with Crippen molar-refractivity contribution in [3.63, 3.8) is 0 Å². The van der Waals surface area contributed by atoms with Gasteiger partial charge in [0.2, 0.25) is 0 Å². The lowest BCUT2D eigenvalue weighted by Gasteiger charge is -2.41. The van der Waals surface area contributed by atoms with Crippen LogP contribution in [-0.4, -0.2) is 0 Å². The van der Waals surface area contributed by atoms with Gasteiger partial charge in [0.05, 0.1) is 0 Å². The summed E-state index contributed by atoms with van der Waals surface area (Å²) in [6.45, 7) is 16.6. The van der Waals surface area contributed by atoms with Crippen LogP contribution in [-0.2, 0) is 24.7 Å². The minimum atomic E-state index is -0.0497. The van der Waals surface area contributed by atoms with Crippen LogP contribution in [0.3, 0.4) is 0 Å². The van der Waals surface area contributed by atoms with Crippen molar-refractivity contribution in [1.29, 1.82) is 0 Å². The van der Waals surface area contributed by atoms with Crippen molar-refractivity contribution in [2.24, 2.45) is 5.92 Å². The maximum absolute atomic E-state index is 4.82. The van der Waals surface area contributed by atoms with E-state index in [1.165, 1.54) is 82.6 Å². The van der Waals surface area contributed by atoms with Gasteiger partial charge in [-0.25, -0.2) is 0 Å². The van der Waals surface area contributed by atoms with E-state index in [2.05, 4.69) is 77.1 Å². The molecule has 2 unspecified atom stereocenters. The maximum Gasteiger partial charge on any atom is 0.0208 e. The van der Waals surface area contributed by atoms with Crippen molar-refractivity contribution < 1.29 is 0 Å². The van der Waals surface area contributed by atoms with Gasteiger partial charge >= 0.3 is 0 Å². The fourth-order valence-corrected chi connectivity index (χ4v) is 5.27. The number of hydrogen-bond donors (Lipinski definition) is 0. The van der Waals surface area contributed by atoms with E-state index >= 15 is 0 Å². The van der Waals surface area contributed by atoms with Crippen molar-refractivity contribution in [1.82, 2.24) is 0 Å². The summed E-state index contributed by atoms with van der Waals surface area (Å²) >= 11 is 0. The van der Waals surface area contributed by atoms with Gasteiger partial charge in [-0.2, -0.15) is 0 Å². The first-order valence-electron chi connectivity index (χ1n) is 13.6. The average molecular weight is 434 g/mol. The van der Waals surface area contributed by atoms with Crippen LogP contribution in [0.15, 0.2) is 42.5 Å². The van der Waals surface area contributed by atoms with Gasteiger partial charge in [-0.15, -0.1) is 0 Å². The number of hydrogen-bond acceptors (Lipinski definition) is 0. The average Bonchev–Trinajstić information content (AvgIpc) is 2.83. The predicted molar refractivity (Wildman–Crippen MR) is 144 cm³/mol. The second-order valence-electron chi connectivity index (χ2n) is 10.0. The summed E-state index contributed by atoms with van der Waals surface area (Å²) in [5.74, 6) is 0.368. The first-order valence-corrected chi connectivity index (χ1v) is 13.6. The summed E-state index contributed by atoms with van der Waals surface area (Å²) in [7, 11) is 0. The van der Waals surface area contributed by atoms with Crippen LogP contribution in [0.25, 0.3) is 0 Å². The maximum atomic E-state index is 4.82. The van der Waals surface area contributed by atoms with E-state index in [0.29, 0.717) is 5.92 Å². The molecule has 2 aromatic carbocycles. The highest BCUT2D eigenvalue weighted by Gasteiger charge is 2.38. The van der Waals surface area contributed by atoms with Gasteiger partial charge in [0.25, 0.3) is 0 Å². The molecule has 2 aromatic rings. The molecule has 0 heteroatoms. The zero-order chi connectivity index (χ0) is 23.4.